The minimum atomic E-state index is -0.175. The van der Waals surface area contributed by atoms with Crippen molar-refractivity contribution in [3.05, 3.63) is 65.5 Å². The van der Waals surface area contributed by atoms with Gasteiger partial charge in [-0.3, -0.25) is 14.6 Å². The summed E-state index contributed by atoms with van der Waals surface area (Å²) in [5, 5.41) is 2.90. The van der Waals surface area contributed by atoms with Gasteiger partial charge < -0.3 is 10.2 Å². The molecular formula is C20H23N3O2. The zero-order chi connectivity index (χ0) is 17.5. The van der Waals surface area contributed by atoms with Crippen molar-refractivity contribution in [3.63, 3.8) is 0 Å². The number of pyridine rings is 1. The third kappa shape index (κ3) is 4.66. The molecule has 2 aromatic rings. The van der Waals surface area contributed by atoms with Crippen molar-refractivity contribution in [2.75, 3.05) is 19.6 Å². The van der Waals surface area contributed by atoms with Crippen LogP contribution in [0.25, 0.3) is 0 Å². The maximum atomic E-state index is 12.5. The lowest BCUT2D eigenvalue weighted by molar-refractivity contribution is 0.0718. The van der Waals surface area contributed by atoms with E-state index in [1.807, 2.05) is 35.2 Å². The van der Waals surface area contributed by atoms with E-state index in [1.54, 1.807) is 12.1 Å². The standard InChI is InChI=1S/C20H23N3O2/c24-19(22-11-9-16-7-3-1-4-8-16)17-10-12-21-18(15-17)20(25)23-13-5-2-6-14-23/h1,3-4,7-8,10,12,15H,2,5-6,9,11,13-14H2,(H,22,24). The minimum Gasteiger partial charge on any atom is -0.352 e. The van der Waals surface area contributed by atoms with E-state index in [-0.39, 0.29) is 11.8 Å². The largest absolute Gasteiger partial charge is 0.352 e. The van der Waals surface area contributed by atoms with Crippen LogP contribution >= 0.6 is 0 Å². The van der Waals surface area contributed by atoms with Crippen LogP contribution in [0.4, 0.5) is 0 Å². The number of likely N-dealkylation sites (tertiary alicyclic amines) is 1. The molecule has 1 fully saturated rings. The number of nitrogens with zero attached hydrogens (tertiary/aromatic N) is 2. The molecule has 0 atom stereocenters. The van der Waals surface area contributed by atoms with Gasteiger partial charge in [-0.1, -0.05) is 30.3 Å². The number of rotatable bonds is 5. The summed E-state index contributed by atoms with van der Waals surface area (Å²) in [5.41, 5.74) is 2.00. The first kappa shape index (κ1) is 17.1. The number of hydrogen-bond acceptors (Lipinski definition) is 3. The van der Waals surface area contributed by atoms with Gasteiger partial charge in [0.25, 0.3) is 11.8 Å². The summed E-state index contributed by atoms with van der Waals surface area (Å²) >= 11 is 0. The highest BCUT2D eigenvalue weighted by molar-refractivity contribution is 5.98. The van der Waals surface area contributed by atoms with E-state index in [0.29, 0.717) is 17.8 Å². The molecule has 1 aromatic carbocycles. The van der Waals surface area contributed by atoms with Crippen LogP contribution in [0, 0.1) is 0 Å². The molecule has 1 aliphatic heterocycles. The Labute approximate surface area is 148 Å². The third-order valence-corrected chi connectivity index (χ3v) is 4.43. The smallest absolute Gasteiger partial charge is 0.272 e. The molecule has 1 aromatic heterocycles. The molecule has 1 aliphatic rings. The topological polar surface area (TPSA) is 62.3 Å². The van der Waals surface area contributed by atoms with E-state index in [9.17, 15) is 9.59 Å². The zero-order valence-corrected chi connectivity index (χ0v) is 14.3. The average Bonchev–Trinajstić information content (AvgIpc) is 2.69. The molecule has 5 heteroatoms. The van der Waals surface area contributed by atoms with E-state index in [2.05, 4.69) is 10.3 Å². The van der Waals surface area contributed by atoms with Crippen molar-refractivity contribution in [1.29, 1.82) is 0 Å². The summed E-state index contributed by atoms with van der Waals surface area (Å²) in [6.07, 6.45) is 5.54. The van der Waals surface area contributed by atoms with Crippen LogP contribution in [-0.2, 0) is 6.42 Å². The Morgan fingerprint density at radius 1 is 1.04 bits per heavy atom. The summed E-state index contributed by atoms with van der Waals surface area (Å²) in [6, 6.07) is 13.2. The van der Waals surface area contributed by atoms with Crippen LogP contribution in [-0.4, -0.2) is 41.3 Å². The van der Waals surface area contributed by atoms with Gasteiger partial charge in [0.2, 0.25) is 0 Å². The fourth-order valence-corrected chi connectivity index (χ4v) is 3.01. The van der Waals surface area contributed by atoms with Gasteiger partial charge in [-0.2, -0.15) is 0 Å². The predicted octanol–water partition coefficient (Wildman–Crippen LogP) is 2.68. The van der Waals surface area contributed by atoms with Gasteiger partial charge in [0, 0.05) is 31.4 Å². The number of amides is 2. The molecule has 0 aliphatic carbocycles. The molecule has 1 saturated heterocycles. The van der Waals surface area contributed by atoms with Gasteiger partial charge in [0.05, 0.1) is 0 Å². The Balaban J connectivity index is 1.58. The van der Waals surface area contributed by atoms with Crippen LogP contribution in [0.3, 0.4) is 0 Å². The Bertz CT molecular complexity index is 725. The van der Waals surface area contributed by atoms with Crippen LogP contribution in [0.15, 0.2) is 48.7 Å². The van der Waals surface area contributed by atoms with Crippen LogP contribution in [0.5, 0.6) is 0 Å². The van der Waals surface area contributed by atoms with Gasteiger partial charge in [-0.05, 0) is 43.4 Å². The van der Waals surface area contributed by atoms with Crippen molar-refractivity contribution < 1.29 is 9.59 Å². The normalized spacial score (nSPS) is 14.2. The van der Waals surface area contributed by atoms with Crippen molar-refractivity contribution in [1.82, 2.24) is 15.2 Å². The molecule has 2 heterocycles. The molecule has 5 nitrogen and oxygen atoms in total. The first-order valence-corrected chi connectivity index (χ1v) is 8.81. The number of hydrogen-bond donors (Lipinski definition) is 1. The van der Waals surface area contributed by atoms with Crippen molar-refractivity contribution >= 4 is 11.8 Å². The van der Waals surface area contributed by atoms with Crippen molar-refractivity contribution in [2.45, 2.75) is 25.7 Å². The SMILES string of the molecule is O=C(NCCc1ccccc1)c1ccnc(C(=O)N2CCCCC2)c1. The molecule has 25 heavy (non-hydrogen) atoms. The second kappa shape index (κ2) is 8.42. The molecule has 0 bridgehead atoms. The van der Waals surface area contributed by atoms with Gasteiger partial charge >= 0.3 is 0 Å². The van der Waals surface area contributed by atoms with Gasteiger partial charge in [0.1, 0.15) is 5.69 Å². The van der Waals surface area contributed by atoms with E-state index in [4.69, 9.17) is 0 Å². The third-order valence-electron chi connectivity index (χ3n) is 4.43. The molecule has 0 spiro atoms. The predicted molar refractivity (Wildman–Crippen MR) is 96.5 cm³/mol. The zero-order valence-electron chi connectivity index (χ0n) is 14.3. The Morgan fingerprint density at radius 3 is 2.56 bits per heavy atom. The maximum Gasteiger partial charge on any atom is 0.272 e. The van der Waals surface area contributed by atoms with E-state index in [0.717, 1.165) is 32.4 Å². The lowest BCUT2D eigenvalue weighted by Gasteiger charge is -2.26. The van der Waals surface area contributed by atoms with E-state index >= 15 is 0 Å². The number of nitrogens with one attached hydrogen (secondary N) is 1. The Morgan fingerprint density at radius 2 is 1.80 bits per heavy atom. The van der Waals surface area contributed by atoms with Crippen molar-refractivity contribution in [2.24, 2.45) is 0 Å². The summed E-state index contributed by atoms with van der Waals surface area (Å²) in [6.45, 7) is 2.10. The van der Waals surface area contributed by atoms with Gasteiger partial charge in [0.15, 0.2) is 0 Å². The van der Waals surface area contributed by atoms with E-state index in [1.165, 1.54) is 18.2 Å². The van der Waals surface area contributed by atoms with Crippen LogP contribution in [0.2, 0.25) is 0 Å². The summed E-state index contributed by atoms with van der Waals surface area (Å²) < 4.78 is 0. The van der Waals surface area contributed by atoms with Crippen molar-refractivity contribution in [3.8, 4) is 0 Å². The molecule has 0 unspecified atom stereocenters. The van der Waals surface area contributed by atoms with Gasteiger partial charge in [-0.15, -0.1) is 0 Å². The highest BCUT2D eigenvalue weighted by Crippen LogP contribution is 2.13. The fraction of sp³-hybridized carbons (Fsp3) is 0.350. The van der Waals surface area contributed by atoms with Crippen LogP contribution < -0.4 is 5.32 Å². The Hall–Kier alpha value is -2.69. The highest BCUT2D eigenvalue weighted by atomic mass is 16.2. The Kier molecular flexibility index (Phi) is 5.77. The second-order valence-electron chi connectivity index (χ2n) is 6.27. The lowest BCUT2D eigenvalue weighted by atomic mass is 10.1. The molecule has 3 rings (SSSR count). The number of carbonyl (C=O) groups excluding carboxylic acids is 2. The maximum absolute atomic E-state index is 12.5. The van der Waals surface area contributed by atoms with E-state index < -0.39 is 0 Å². The number of carbonyl (C=O) groups is 2. The molecule has 0 saturated carbocycles. The number of piperidine rings is 1. The molecule has 0 radical (unpaired) electrons. The highest BCUT2D eigenvalue weighted by Gasteiger charge is 2.20. The monoisotopic (exact) mass is 337 g/mol. The first-order chi connectivity index (χ1) is 12.2. The molecule has 2 amide bonds. The number of aromatic nitrogens is 1. The fourth-order valence-electron chi connectivity index (χ4n) is 3.01. The average molecular weight is 337 g/mol. The number of benzene rings is 1. The minimum absolute atomic E-state index is 0.0846. The van der Waals surface area contributed by atoms with Crippen LogP contribution in [0.1, 0.15) is 45.7 Å². The molecule has 130 valence electrons. The lowest BCUT2D eigenvalue weighted by Crippen LogP contribution is -2.36. The summed E-state index contributed by atoms with van der Waals surface area (Å²) in [7, 11) is 0. The quantitative estimate of drug-likeness (QED) is 0.912. The molecular weight excluding hydrogens is 314 g/mol. The second-order valence-corrected chi connectivity index (χ2v) is 6.27. The summed E-state index contributed by atoms with van der Waals surface area (Å²) in [5.74, 6) is -0.260. The first-order valence-electron chi connectivity index (χ1n) is 8.81. The molecule has 1 N–H and O–H groups in total. The summed E-state index contributed by atoms with van der Waals surface area (Å²) in [4.78, 5) is 30.8. The van der Waals surface area contributed by atoms with Gasteiger partial charge in [-0.25, -0.2) is 0 Å².